The molecule has 140 valence electrons. The number of nitrogens with one attached hydrogen (secondary N) is 1. The summed E-state index contributed by atoms with van der Waals surface area (Å²) in [6.07, 6.45) is 3.09. The van der Waals surface area contributed by atoms with E-state index in [4.69, 9.17) is 4.74 Å². The summed E-state index contributed by atoms with van der Waals surface area (Å²) in [6.45, 7) is 2.64. The fourth-order valence-corrected chi connectivity index (χ4v) is 5.01. The number of ether oxygens (including phenoxy) is 1. The largest absolute Gasteiger partial charge is 0.465 e. The van der Waals surface area contributed by atoms with Gasteiger partial charge in [0.1, 0.15) is 28.0 Å². The average Bonchev–Trinajstić information content (AvgIpc) is 3.40. The maximum Gasteiger partial charge on any atom is 0.340 e. The molecule has 0 saturated carbocycles. The molecule has 0 aromatic carbocycles. The third-order valence-electron chi connectivity index (χ3n) is 4.54. The predicted octanol–water partition coefficient (Wildman–Crippen LogP) is 3.32. The highest BCUT2D eigenvalue weighted by atomic mass is 32.1. The Kier molecular flexibility index (Phi) is 4.79. The van der Waals surface area contributed by atoms with Crippen LogP contribution >= 0.6 is 22.7 Å². The highest BCUT2D eigenvalue weighted by molar-refractivity contribution is 7.18. The standard InChI is InChI=1S/C18H18N4O3S2/c1-3-10-8-12-14(19-9-20-15(12)27-10)21-13-4-6-22(16(13)23)17-11(5-7-26-17)18(24)25-2/h5,7-9,13H,3-4,6H2,1-2H3,(H,19,20,21). The Hall–Kier alpha value is -2.52. The molecular weight excluding hydrogens is 384 g/mol. The first-order chi connectivity index (χ1) is 13.1. The Morgan fingerprint density at radius 2 is 2.30 bits per heavy atom. The highest BCUT2D eigenvalue weighted by Gasteiger charge is 2.35. The van der Waals surface area contributed by atoms with Crippen LogP contribution in [-0.4, -0.2) is 41.5 Å². The van der Waals surface area contributed by atoms with Gasteiger partial charge in [0.25, 0.3) is 0 Å². The number of hydrogen-bond donors (Lipinski definition) is 1. The van der Waals surface area contributed by atoms with E-state index in [0.717, 1.165) is 16.6 Å². The van der Waals surface area contributed by atoms with Gasteiger partial charge in [-0.1, -0.05) is 6.92 Å². The lowest BCUT2D eigenvalue weighted by atomic mass is 10.2. The molecule has 1 aliphatic rings. The Morgan fingerprint density at radius 3 is 3.07 bits per heavy atom. The molecule has 9 heteroatoms. The second-order valence-electron chi connectivity index (χ2n) is 6.11. The molecule has 1 fully saturated rings. The molecule has 3 aromatic heterocycles. The van der Waals surface area contributed by atoms with Crippen LogP contribution in [0.5, 0.6) is 0 Å². The number of rotatable bonds is 5. The molecule has 0 radical (unpaired) electrons. The van der Waals surface area contributed by atoms with Crippen molar-refractivity contribution < 1.29 is 14.3 Å². The van der Waals surface area contributed by atoms with E-state index in [0.29, 0.717) is 29.3 Å². The summed E-state index contributed by atoms with van der Waals surface area (Å²) in [6, 6.07) is 3.38. The smallest absolute Gasteiger partial charge is 0.340 e. The first kappa shape index (κ1) is 17.9. The number of aromatic nitrogens is 2. The topological polar surface area (TPSA) is 84.4 Å². The maximum absolute atomic E-state index is 12.9. The van der Waals surface area contributed by atoms with E-state index in [1.165, 1.54) is 29.7 Å². The minimum Gasteiger partial charge on any atom is -0.465 e. The van der Waals surface area contributed by atoms with Gasteiger partial charge in [0.2, 0.25) is 5.91 Å². The molecule has 1 atom stereocenters. The normalized spacial score (nSPS) is 16.9. The SMILES string of the molecule is CCc1cc2c(NC3CCN(c4sccc4C(=O)OC)C3=O)ncnc2s1. The van der Waals surface area contributed by atoms with Crippen molar-refractivity contribution >= 4 is 55.6 Å². The van der Waals surface area contributed by atoms with Crippen LogP contribution in [0.3, 0.4) is 0 Å². The minimum atomic E-state index is -0.432. The number of nitrogens with zero attached hydrogens (tertiary/aromatic N) is 3. The lowest BCUT2D eigenvalue weighted by Gasteiger charge is -2.17. The quantitative estimate of drug-likeness (QED) is 0.659. The van der Waals surface area contributed by atoms with Crippen LogP contribution in [0.25, 0.3) is 10.2 Å². The molecule has 7 nitrogen and oxygen atoms in total. The van der Waals surface area contributed by atoms with E-state index in [2.05, 4.69) is 28.3 Å². The van der Waals surface area contributed by atoms with Crippen LogP contribution < -0.4 is 10.2 Å². The number of fused-ring (bicyclic) bond motifs is 1. The third kappa shape index (κ3) is 3.17. The zero-order valence-electron chi connectivity index (χ0n) is 14.9. The second kappa shape index (κ2) is 7.24. The van der Waals surface area contributed by atoms with Crippen LogP contribution in [0.1, 0.15) is 28.6 Å². The molecule has 4 rings (SSSR count). The number of carbonyl (C=O) groups excluding carboxylic acids is 2. The summed E-state index contributed by atoms with van der Waals surface area (Å²) in [5.74, 6) is 0.175. The lowest BCUT2D eigenvalue weighted by Crippen LogP contribution is -2.34. The van der Waals surface area contributed by atoms with Crippen molar-refractivity contribution in [1.82, 2.24) is 9.97 Å². The van der Waals surface area contributed by atoms with Crippen molar-refractivity contribution in [3.8, 4) is 0 Å². The van der Waals surface area contributed by atoms with Crippen molar-refractivity contribution in [1.29, 1.82) is 0 Å². The Morgan fingerprint density at radius 1 is 1.44 bits per heavy atom. The monoisotopic (exact) mass is 402 g/mol. The number of methoxy groups -OCH3 is 1. The van der Waals surface area contributed by atoms with Gasteiger partial charge in [-0.25, -0.2) is 14.8 Å². The molecular formula is C18H18N4O3S2. The Bertz CT molecular complexity index is 1010. The zero-order chi connectivity index (χ0) is 19.0. The number of anilines is 2. The minimum absolute atomic E-state index is 0.0692. The van der Waals surface area contributed by atoms with Gasteiger partial charge in [0.15, 0.2) is 0 Å². The van der Waals surface area contributed by atoms with Crippen molar-refractivity contribution in [2.24, 2.45) is 0 Å². The van der Waals surface area contributed by atoms with E-state index < -0.39 is 5.97 Å². The summed E-state index contributed by atoms with van der Waals surface area (Å²) >= 11 is 3.00. The summed E-state index contributed by atoms with van der Waals surface area (Å²) in [5.41, 5.74) is 0.423. The molecule has 27 heavy (non-hydrogen) atoms. The molecule has 0 spiro atoms. The van der Waals surface area contributed by atoms with Crippen molar-refractivity contribution in [2.75, 3.05) is 23.9 Å². The number of esters is 1. The second-order valence-corrected chi connectivity index (χ2v) is 8.12. The summed E-state index contributed by atoms with van der Waals surface area (Å²) < 4.78 is 4.81. The molecule has 0 aliphatic carbocycles. The summed E-state index contributed by atoms with van der Waals surface area (Å²) in [4.78, 5) is 37.3. The first-order valence-electron chi connectivity index (χ1n) is 8.59. The Balaban J connectivity index is 1.58. The Labute approximate surface area is 164 Å². The van der Waals surface area contributed by atoms with Crippen LogP contribution in [0.4, 0.5) is 10.8 Å². The average molecular weight is 403 g/mol. The van der Waals surface area contributed by atoms with Gasteiger partial charge in [-0.05, 0) is 30.4 Å². The van der Waals surface area contributed by atoms with Gasteiger partial charge >= 0.3 is 5.97 Å². The molecule has 1 unspecified atom stereocenters. The molecule has 4 heterocycles. The van der Waals surface area contributed by atoms with E-state index in [9.17, 15) is 9.59 Å². The van der Waals surface area contributed by atoms with Gasteiger partial charge in [-0.3, -0.25) is 4.79 Å². The third-order valence-corrected chi connectivity index (χ3v) is 6.66. The van der Waals surface area contributed by atoms with Crippen molar-refractivity contribution in [3.05, 3.63) is 34.3 Å². The predicted molar refractivity (Wildman–Crippen MR) is 107 cm³/mol. The van der Waals surface area contributed by atoms with Gasteiger partial charge < -0.3 is 15.0 Å². The summed E-state index contributed by atoms with van der Waals surface area (Å²) in [7, 11) is 1.34. The highest BCUT2D eigenvalue weighted by Crippen LogP contribution is 2.34. The molecule has 1 N–H and O–H groups in total. The zero-order valence-corrected chi connectivity index (χ0v) is 16.5. The first-order valence-corrected chi connectivity index (χ1v) is 10.3. The van der Waals surface area contributed by atoms with Crippen molar-refractivity contribution in [2.45, 2.75) is 25.8 Å². The number of amides is 1. The van der Waals surface area contributed by atoms with E-state index >= 15 is 0 Å². The van der Waals surface area contributed by atoms with Crippen LogP contribution in [0.2, 0.25) is 0 Å². The molecule has 1 amide bonds. The fourth-order valence-electron chi connectivity index (χ4n) is 3.15. The number of hydrogen-bond acceptors (Lipinski definition) is 8. The van der Waals surface area contributed by atoms with E-state index in [1.54, 1.807) is 27.7 Å². The van der Waals surface area contributed by atoms with Gasteiger partial charge in [0.05, 0.1) is 18.1 Å². The lowest BCUT2D eigenvalue weighted by molar-refractivity contribution is -0.117. The van der Waals surface area contributed by atoms with Crippen molar-refractivity contribution in [3.63, 3.8) is 0 Å². The van der Waals surface area contributed by atoms with Gasteiger partial charge in [-0.15, -0.1) is 22.7 Å². The van der Waals surface area contributed by atoms with Crippen LogP contribution in [-0.2, 0) is 16.0 Å². The van der Waals surface area contributed by atoms with E-state index in [1.807, 2.05) is 0 Å². The maximum atomic E-state index is 12.9. The van der Waals surface area contributed by atoms with Crippen LogP contribution in [0.15, 0.2) is 23.8 Å². The molecule has 0 bridgehead atoms. The van der Waals surface area contributed by atoms with E-state index in [-0.39, 0.29) is 11.9 Å². The number of aryl methyl sites for hydroxylation is 1. The summed E-state index contributed by atoms with van der Waals surface area (Å²) in [5, 5.41) is 6.65. The molecule has 3 aromatic rings. The fraction of sp³-hybridized carbons (Fsp3) is 0.333. The van der Waals surface area contributed by atoms with Crippen LogP contribution in [0, 0.1) is 0 Å². The number of carbonyl (C=O) groups is 2. The van der Waals surface area contributed by atoms with Gasteiger partial charge in [0, 0.05) is 11.4 Å². The molecule has 1 saturated heterocycles. The van der Waals surface area contributed by atoms with Gasteiger partial charge in [-0.2, -0.15) is 0 Å². The number of thiophene rings is 2. The molecule has 1 aliphatic heterocycles.